The minimum Gasteiger partial charge on any atom is -0.350 e. The van der Waals surface area contributed by atoms with Gasteiger partial charge in [0.15, 0.2) is 0 Å². The van der Waals surface area contributed by atoms with Gasteiger partial charge in [0.1, 0.15) is 5.70 Å². The highest BCUT2D eigenvalue weighted by Crippen LogP contribution is 2.33. The van der Waals surface area contributed by atoms with E-state index in [1.807, 2.05) is 54.7 Å². The Labute approximate surface area is 175 Å². The number of amides is 2. The van der Waals surface area contributed by atoms with Gasteiger partial charge >= 0.3 is 0 Å². The van der Waals surface area contributed by atoms with Crippen LogP contribution < -0.4 is 16.0 Å². The maximum atomic E-state index is 12.8. The molecule has 5 rings (SSSR count). The molecule has 2 aliphatic heterocycles. The van der Waals surface area contributed by atoms with E-state index in [4.69, 9.17) is 0 Å². The summed E-state index contributed by atoms with van der Waals surface area (Å²) < 4.78 is 2.24. The molecule has 1 fully saturated rings. The van der Waals surface area contributed by atoms with E-state index < -0.39 is 5.91 Å². The summed E-state index contributed by atoms with van der Waals surface area (Å²) in [6.45, 7) is 3.00. The van der Waals surface area contributed by atoms with Crippen LogP contribution in [-0.4, -0.2) is 29.5 Å². The van der Waals surface area contributed by atoms with Gasteiger partial charge in [-0.15, -0.1) is 0 Å². The first kappa shape index (κ1) is 18.6. The molecular formula is C24H24N4O2. The Morgan fingerprint density at radius 3 is 2.47 bits per heavy atom. The largest absolute Gasteiger partial charge is 0.350 e. The molecule has 0 atom stereocenters. The van der Waals surface area contributed by atoms with Crippen LogP contribution in [0.3, 0.4) is 0 Å². The second-order valence-corrected chi connectivity index (χ2v) is 7.93. The first-order valence-electron chi connectivity index (χ1n) is 10.4. The predicted molar refractivity (Wildman–Crippen MR) is 118 cm³/mol. The molecule has 30 heavy (non-hydrogen) atoms. The van der Waals surface area contributed by atoms with Crippen LogP contribution in [0.15, 0.2) is 66.5 Å². The summed E-state index contributed by atoms with van der Waals surface area (Å²) in [7, 11) is 0. The Morgan fingerprint density at radius 2 is 1.67 bits per heavy atom. The number of para-hydroxylation sites is 2. The normalized spacial score (nSPS) is 17.6. The number of piperidine rings is 1. The number of anilines is 1. The number of imide groups is 1. The summed E-state index contributed by atoms with van der Waals surface area (Å²) in [6, 6.07) is 17.5. The second kappa shape index (κ2) is 7.80. The maximum absolute atomic E-state index is 12.8. The van der Waals surface area contributed by atoms with Crippen molar-refractivity contribution in [2.45, 2.75) is 19.4 Å². The smallest absolute Gasteiger partial charge is 0.275 e. The Hall–Kier alpha value is -3.38. The molecular weight excluding hydrogens is 376 g/mol. The van der Waals surface area contributed by atoms with Gasteiger partial charge in [-0.3, -0.25) is 14.9 Å². The summed E-state index contributed by atoms with van der Waals surface area (Å²) >= 11 is 0. The number of carbonyl (C=O) groups excluding carboxylic acids is 2. The number of hydrogen-bond donors (Lipinski definition) is 3. The lowest BCUT2D eigenvalue weighted by Crippen LogP contribution is -2.29. The molecule has 0 radical (unpaired) electrons. The minimum atomic E-state index is -0.394. The Kier molecular flexibility index (Phi) is 4.85. The fraction of sp³-hybridized carbons (Fsp3) is 0.250. The van der Waals surface area contributed by atoms with Crippen LogP contribution in [0.4, 0.5) is 5.69 Å². The highest BCUT2D eigenvalue weighted by atomic mass is 16.2. The quantitative estimate of drug-likeness (QED) is 0.576. The van der Waals surface area contributed by atoms with E-state index in [9.17, 15) is 9.59 Å². The molecule has 0 saturated carbocycles. The van der Waals surface area contributed by atoms with Crippen molar-refractivity contribution in [2.24, 2.45) is 5.92 Å². The first-order valence-corrected chi connectivity index (χ1v) is 10.4. The molecule has 6 heteroatoms. The third-order valence-electron chi connectivity index (χ3n) is 5.95. The molecule has 3 N–H and O–H groups in total. The Morgan fingerprint density at radius 1 is 0.933 bits per heavy atom. The van der Waals surface area contributed by atoms with Crippen molar-refractivity contribution in [1.82, 2.24) is 15.2 Å². The highest BCUT2D eigenvalue weighted by molar-refractivity contribution is 6.38. The molecule has 2 amide bonds. The number of aromatic nitrogens is 1. The van der Waals surface area contributed by atoms with Crippen molar-refractivity contribution in [2.75, 3.05) is 18.4 Å². The number of hydrogen-bond acceptors (Lipinski definition) is 4. The fourth-order valence-corrected chi connectivity index (χ4v) is 4.44. The SMILES string of the molecule is O=C1NC(=O)C(c2cn(CC3CCNCC3)c3ccccc23)=C1Nc1ccccc1. The van der Waals surface area contributed by atoms with E-state index in [1.54, 1.807) is 0 Å². The summed E-state index contributed by atoms with van der Waals surface area (Å²) in [4.78, 5) is 25.3. The molecule has 3 aromatic rings. The monoisotopic (exact) mass is 400 g/mol. The molecule has 0 unspecified atom stereocenters. The van der Waals surface area contributed by atoms with Gasteiger partial charge in [-0.05, 0) is 50.0 Å². The van der Waals surface area contributed by atoms with Gasteiger partial charge in [0.2, 0.25) is 0 Å². The van der Waals surface area contributed by atoms with E-state index in [0.717, 1.165) is 54.6 Å². The average molecular weight is 400 g/mol. The lowest BCUT2D eigenvalue weighted by atomic mass is 9.98. The third-order valence-corrected chi connectivity index (χ3v) is 5.95. The fourth-order valence-electron chi connectivity index (χ4n) is 4.44. The van der Waals surface area contributed by atoms with Gasteiger partial charge in [-0.25, -0.2) is 0 Å². The van der Waals surface area contributed by atoms with E-state index in [-0.39, 0.29) is 5.91 Å². The molecule has 1 aromatic heterocycles. The van der Waals surface area contributed by atoms with Crippen molar-refractivity contribution in [3.8, 4) is 0 Å². The minimum absolute atomic E-state index is 0.302. The Balaban J connectivity index is 1.60. The molecule has 0 aliphatic carbocycles. The van der Waals surface area contributed by atoms with E-state index >= 15 is 0 Å². The number of benzene rings is 2. The number of fused-ring (bicyclic) bond motifs is 1. The van der Waals surface area contributed by atoms with Crippen LogP contribution >= 0.6 is 0 Å². The van der Waals surface area contributed by atoms with Crippen molar-refractivity contribution in [3.63, 3.8) is 0 Å². The third kappa shape index (κ3) is 3.39. The molecule has 0 spiro atoms. The van der Waals surface area contributed by atoms with Crippen LogP contribution in [0.25, 0.3) is 16.5 Å². The standard InChI is InChI=1S/C24H24N4O2/c29-23-21(22(24(30)27-23)26-17-6-2-1-3-7-17)19-15-28(14-16-10-12-25-13-11-16)20-9-5-4-8-18(19)20/h1-9,15-16,25H,10-14H2,(H2,26,27,29,30). The van der Waals surface area contributed by atoms with Crippen molar-refractivity contribution < 1.29 is 9.59 Å². The summed E-state index contributed by atoms with van der Waals surface area (Å²) in [5.41, 5.74) is 3.36. The number of carbonyl (C=O) groups is 2. The second-order valence-electron chi connectivity index (χ2n) is 7.93. The first-order chi connectivity index (χ1) is 14.7. The van der Waals surface area contributed by atoms with E-state index in [2.05, 4.69) is 26.6 Å². The zero-order chi connectivity index (χ0) is 20.5. The zero-order valence-corrected chi connectivity index (χ0v) is 16.7. The Bertz CT molecular complexity index is 1140. The topological polar surface area (TPSA) is 75.2 Å². The van der Waals surface area contributed by atoms with Gasteiger partial charge in [-0.1, -0.05) is 36.4 Å². The highest BCUT2D eigenvalue weighted by Gasteiger charge is 2.33. The number of nitrogens with zero attached hydrogens (tertiary/aromatic N) is 1. The molecule has 1 saturated heterocycles. The van der Waals surface area contributed by atoms with Crippen molar-refractivity contribution >= 4 is 34.0 Å². The lowest BCUT2D eigenvalue weighted by molar-refractivity contribution is -0.123. The van der Waals surface area contributed by atoms with Crippen LogP contribution in [-0.2, 0) is 16.1 Å². The van der Waals surface area contributed by atoms with Crippen LogP contribution in [0.5, 0.6) is 0 Å². The van der Waals surface area contributed by atoms with E-state index in [0.29, 0.717) is 17.2 Å². The van der Waals surface area contributed by atoms with Crippen LogP contribution in [0, 0.1) is 5.92 Å². The summed E-state index contributed by atoms with van der Waals surface area (Å²) in [5, 5.41) is 10.0. The molecule has 2 aromatic carbocycles. The van der Waals surface area contributed by atoms with Gasteiger partial charge < -0.3 is 15.2 Å². The number of nitrogens with one attached hydrogen (secondary N) is 3. The summed E-state index contributed by atoms with van der Waals surface area (Å²) in [6.07, 6.45) is 4.32. The predicted octanol–water partition coefficient (Wildman–Crippen LogP) is 3.12. The zero-order valence-electron chi connectivity index (χ0n) is 16.7. The van der Waals surface area contributed by atoms with Crippen molar-refractivity contribution in [3.05, 3.63) is 72.1 Å². The van der Waals surface area contributed by atoms with Crippen LogP contribution in [0.2, 0.25) is 0 Å². The molecule has 2 aliphatic rings. The summed E-state index contributed by atoms with van der Waals surface area (Å²) in [5.74, 6) is -0.151. The molecule has 152 valence electrons. The van der Waals surface area contributed by atoms with Gasteiger partial charge in [0.05, 0.1) is 5.57 Å². The lowest BCUT2D eigenvalue weighted by Gasteiger charge is -2.23. The molecule has 0 bridgehead atoms. The molecule has 3 heterocycles. The average Bonchev–Trinajstić information content (AvgIpc) is 3.26. The van der Waals surface area contributed by atoms with Crippen molar-refractivity contribution in [1.29, 1.82) is 0 Å². The van der Waals surface area contributed by atoms with Gasteiger partial charge in [0, 0.05) is 34.9 Å². The number of rotatable bonds is 5. The van der Waals surface area contributed by atoms with Gasteiger partial charge in [0.25, 0.3) is 11.8 Å². The van der Waals surface area contributed by atoms with Crippen LogP contribution in [0.1, 0.15) is 18.4 Å². The van der Waals surface area contributed by atoms with E-state index in [1.165, 1.54) is 0 Å². The van der Waals surface area contributed by atoms with Gasteiger partial charge in [-0.2, -0.15) is 0 Å². The maximum Gasteiger partial charge on any atom is 0.275 e. The molecule has 6 nitrogen and oxygen atoms in total.